The van der Waals surface area contributed by atoms with Crippen LogP contribution < -0.4 is 11.1 Å². The van der Waals surface area contributed by atoms with Gasteiger partial charge in [-0.05, 0) is 48.9 Å². The number of aryl methyl sites for hydroxylation is 1. The van der Waals surface area contributed by atoms with Crippen LogP contribution in [0.25, 0.3) is 0 Å². The van der Waals surface area contributed by atoms with E-state index in [1.165, 1.54) is 18.2 Å². The summed E-state index contributed by atoms with van der Waals surface area (Å²) < 4.78 is 13.7. The molecule has 3 N–H and O–H groups in total. The van der Waals surface area contributed by atoms with Gasteiger partial charge in [0.1, 0.15) is 5.82 Å². The Morgan fingerprint density at radius 1 is 1.26 bits per heavy atom. The molecule has 0 unspecified atom stereocenters. The van der Waals surface area contributed by atoms with Gasteiger partial charge in [-0.25, -0.2) is 4.39 Å². The molecule has 98 valence electrons. The van der Waals surface area contributed by atoms with Crippen LogP contribution in [-0.4, -0.2) is 5.91 Å². The third-order valence-electron chi connectivity index (χ3n) is 2.57. The summed E-state index contributed by atoms with van der Waals surface area (Å²) in [5.41, 5.74) is 7.70. The maximum absolute atomic E-state index is 12.9. The molecule has 2 aromatic carbocycles. The second kappa shape index (κ2) is 5.40. The summed E-state index contributed by atoms with van der Waals surface area (Å²) in [6.45, 7) is 1.90. The number of rotatable bonds is 2. The van der Waals surface area contributed by atoms with Crippen LogP contribution in [0.4, 0.5) is 15.8 Å². The fourth-order valence-corrected chi connectivity index (χ4v) is 2.32. The quantitative estimate of drug-likeness (QED) is 0.828. The normalized spacial score (nSPS) is 10.3. The number of nitrogens with one attached hydrogen (secondary N) is 1. The maximum Gasteiger partial charge on any atom is 0.255 e. The molecule has 0 aliphatic carbocycles. The number of anilines is 2. The Kier molecular flexibility index (Phi) is 3.85. The van der Waals surface area contributed by atoms with Crippen molar-refractivity contribution in [1.82, 2.24) is 0 Å². The fourth-order valence-electron chi connectivity index (χ4n) is 1.71. The Morgan fingerprint density at radius 2 is 2.00 bits per heavy atom. The van der Waals surface area contributed by atoms with Gasteiger partial charge in [0, 0.05) is 10.0 Å². The molecule has 3 nitrogen and oxygen atoms in total. The number of carbonyl (C=O) groups is 1. The minimum absolute atomic E-state index is 0.195. The molecular weight excluding hydrogens is 311 g/mol. The van der Waals surface area contributed by atoms with Crippen molar-refractivity contribution in [3.05, 3.63) is 57.8 Å². The van der Waals surface area contributed by atoms with E-state index in [1.807, 2.05) is 13.0 Å². The van der Waals surface area contributed by atoms with Gasteiger partial charge in [0.2, 0.25) is 0 Å². The van der Waals surface area contributed by atoms with Crippen LogP contribution in [-0.2, 0) is 0 Å². The zero-order valence-corrected chi connectivity index (χ0v) is 11.8. The van der Waals surface area contributed by atoms with Crippen LogP contribution in [0.3, 0.4) is 0 Å². The number of nitrogens with two attached hydrogens (primary N) is 1. The fraction of sp³-hybridized carbons (Fsp3) is 0.0714. The Hall–Kier alpha value is -1.88. The Labute approximate surface area is 118 Å². The summed E-state index contributed by atoms with van der Waals surface area (Å²) in [6.07, 6.45) is 0. The molecule has 0 atom stereocenters. The van der Waals surface area contributed by atoms with Crippen molar-refractivity contribution in [3.8, 4) is 0 Å². The highest BCUT2D eigenvalue weighted by Crippen LogP contribution is 2.21. The van der Waals surface area contributed by atoms with Crippen molar-refractivity contribution in [2.75, 3.05) is 11.1 Å². The van der Waals surface area contributed by atoms with E-state index in [0.717, 1.165) is 10.0 Å². The van der Waals surface area contributed by atoms with Crippen molar-refractivity contribution >= 4 is 33.2 Å². The van der Waals surface area contributed by atoms with E-state index in [9.17, 15) is 9.18 Å². The molecule has 0 bridgehead atoms. The maximum atomic E-state index is 12.9. The largest absolute Gasteiger partial charge is 0.397 e. The molecule has 2 rings (SSSR count). The smallest absolute Gasteiger partial charge is 0.255 e. The lowest BCUT2D eigenvalue weighted by Crippen LogP contribution is -2.13. The van der Waals surface area contributed by atoms with Crippen LogP contribution >= 0.6 is 15.9 Å². The molecule has 5 heteroatoms. The summed E-state index contributed by atoms with van der Waals surface area (Å²) in [5, 5.41) is 2.66. The van der Waals surface area contributed by atoms with Gasteiger partial charge in [-0.2, -0.15) is 0 Å². The second-order valence-corrected chi connectivity index (χ2v) is 5.12. The van der Waals surface area contributed by atoms with E-state index in [2.05, 4.69) is 21.2 Å². The number of hydrogen-bond donors (Lipinski definition) is 2. The predicted octanol–water partition coefficient (Wildman–Crippen LogP) is 3.73. The Balaban J connectivity index is 2.25. The molecule has 0 fully saturated rings. The van der Waals surface area contributed by atoms with Crippen molar-refractivity contribution < 1.29 is 9.18 Å². The molecule has 19 heavy (non-hydrogen) atoms. The first-order chi connectivity index (χ1) is 8.95. The lowest BCUT2D eigenvalue weighted by atomic mass is 10.1. The summed E-state index contributed by atoms with van der Waals surface area (Å²) in [5.74, 6) is -0.725. The number of benzene rings is 2. The van der Waals surface area contributed by atoms with Gasteiger partial charge in [0.15, 0.2) is 0 Å². The van der Waals surface area contributed by atoms with Gasteiger partial charge >= 0.3 is 0 Å². The number of amides is 1. The predicted molar refractivity (Wildman–Crippen MR) is 77.6 cm³/mol. The van der Waals surface area contributed by atoms with Gasteiger partial charge in [-0.1, -0.05) is 15.9 Å². The van der Waals surface area contributed by atoms with Crippen LogP contribution in [0, 0.1) is 12.7 Å². The number of halogens is 2. The number of nitrogen functional groups attached to an aromatic ring is 1. The first-order valence-corrected chi connectivity index (χ1v) is 6.38. The van der Waals surface area contributed by atoms with Crippen molar-refractivity contribution in [2.24, 2.45) is 0 Å². The van der Waals surface area contributed by atoms with Gasteiger partial charge in [-0.3, -0.25) is 4.79 Å². The summed E-state index contributed by atoms with van der Waals surface area (Å²) >= 11 is 3.34. The minimum Gasteiger partial charge on any atom is -0.397 e. The van der Waals surface area contributed by atoms with Gasteiger partial charge in [0.25, 0.3) is 5.91 Å². The molecule has 1 amide bonds. The third-order valence-corrected chi connectivity index (χ3v) is 3.02. The molecule has 2 aromatic rings. The summed E-state index contributed by atoms with van der Waals surface area (Å²) in [4.78, 5) is 12.1. The lowest BCUT2D eigenvalue weighted by molar-refractivity contribution is 0.102. The summed E-state index contributed by atoms with van der Waals surface area (Å²) in [7, 11) is 0. The average molecular weight is 323 g/mol. The van der Waals surface area contributed by atoms with E-state index in [4.69, 9.17) is 5.73 Å². The number of hydrogen-bond acceptors (Lipinski definition) is 2. The highest BCUT2D eigenvalue weighted by Gasteiger charge is 2.09. The molecule has 0 aliphatic heterocycles. The zero-order valence-electron chi connectivity index (χ0n) is 10.2. The highest BCUT2D eigenvalue weighted by atomic mass is 79.9. The molecule has 0 heterocycles. The standard InChI is InChI=1S/C14H12BrFN2O/c1-8-4-9(6-10(15)5-8)14(19)18-13-3-2-11(16)7-12(13)17/h2-7H,17H2,1H3,(H,18,19). The number of carbonyl (C=O) groups excluding carboxylic acids is 1. The molecule has 0 radical (unpaired) electrons. The van der Waals surface area contributed by atoms with Crippen LogP contribution in [0.15, 0.2) is 40.9 Å². The second-order valence-electron chi connectivity index (χ2n) is 4.20. The minimum atomic E-state index is -0.436. The summed E-state index contributed by atoms with van der Waals surface area (Å²) in [6, 6.07) is 9.23. The zero-order chi connectivity index (χ0) is 14.0. The molecule has 0 saturated heterocycles. The van der Waals surface area contributed by atoms with Crippen LogP contribution in [0.1, 0.15) is 15.9 Å². The van der Waals surface area contributed by atoms with E-state index < -0.39 is 5.82 Å². The molecule has 0 aromatic heterocycles. The monoisotopic (exact) mass is 322 g/mol. The van der Waals surface area contributed by atoms with Gasteiger partial charge in [-0.15, -0.1) is 0 Å². The highest BCUT2D eigenvalue weighted by molar-refractivity contribution is 9.10. The first kappa shape index (κ1) is 13.5. The van der Waals surface area contributed by atoms with Crippen molar-refractivity contribution in [1.29, 1.82) is 0 Å². The average Bonchev–Trinajstić information content (AvgIpc) is 2.31. The van der Waals surface area contributed by atoms with Crippen LogP contribution in [0.5, 0.6) is 0 Å². The lowest BCUT2D eigenvalue weighted by Gasteiger charge is -2.09. The van der Waals surface area contributed by atoms with Crippen molar-refractivity contribution in [3.63, 3.8) is 0 Å². The van der Waals surface area contributed by atoms with Crippen LogP contribution in [0.2, 0.25) is 0 Å². The Bertz CT molecular complexity index is 623. The Morgan fingerprint density at radius 3 is 2.63 bits per heavy atom. The molecule has 0 spiro atoms. The van der Waals surface area contributed by atoms with Gasteiger partial charge in [0.05, 0.1) is 11.4 Å². The van der Waals surface area contributed by atoms with E-state index in [1.54, 1.807) is 12.1 Å². The van der Waals surface area contributed by atoms with E-state index in [-0.39, 0.29) is 11.6 Å². The molecular formula is C14H12BrFN2O. The topological polar surface area (TPSA) is 55.1 Å². The van der Waals surface area contributed by atoms with E-state index >= 15 is 0 Å². The first-order valence-electron chi connectivity index (χ1n) is 5.59. The van der Waals surface area contributed by atoms with Crippen molar-refractivity contribution in [2.45, 2.75) is 6.92 Å². The molecule has 0 aliphatic rings. The van der Waals surface area contributed by atoms with E-state index in [0.29, 0.717) is 11.3 Å². The third kappa shape index (κ3) is 3.32. The molecule has 0 saturated carbocycles. The SMILES string of the molecule is Cc1cc(Br)cc(C(=O)Nc2ccc(F)cc2N)c1. The van der Waals surface area contributed by atoms with Gasteiger partial charge < -0.3 is 11.1 Å².